The van der Waals surface area contributed by atoms with Crippen molar-refractivity contribution in [1.82, 2.24) is 9.80 Å². The second-order valence-electron chi connectivity index (χ2n) is 6.31. The van der Waals surface area contributed by atoms with Gasteiger partial charge < -0.3 is 10.2 Å². The lowest BCUT2D eigenvalue weighted by molar-refractivity contribution is 0.158. The van der Waals surface area contributed by atoms with Crippen LogP contribution in [0.2, 0.25) is 0 Å². The second kappa shape index (κ2) is 7.09. The van der Waals surface area contributed by atoms with E-state index in [-0.39, 0.29) is 0 Å². The van der Waals surface area contributed by atoms with Gasteiger partial charge in [0.05, 0.1) is 0 Å². The van der Waals surface area contributed by atoms with Crippen LogP contribution in [0.4, 0.5) is 5.69 Å². The monoisotopic (exact) mass is 275 g/mol. The van der Waals surface area contributed by atoms with Gasteiger partial charge in [0.1, 0.15) is 0 Å². The SMILES string of the molecule is CCN(CC1CNc2ccccc2C1)C(C)CN(C)C. The van der Waals surface area contributed by atoms with E-state index in [1.807, 2.05) is 0 Å². The highest BCUT2D eigenvalue weighted by atomic mass is 15.2. The highest BCUT2D eigenvalue weighted by molar-refractivity contribution is 5.53. The molecule has 0 bridgehead atoms. The predicted molar refractivity (Wildman–Crippen MR) is 87.4 cm³/mol. The number of rotatable bonds is 6. The number of anilines is 1. The summed E-state index contributed by atoms with van der Waals surface area (Å²) in [6.45, 7) is 9.16. The van der Waals surface area contributed by atoms with Crippen LogP contribution in [0.1, 0.15) is 19.4 Å². The predicted octanol–water partition coefficient (Wildman–Crippen LogP) is 2.54. The Kier molecular flexibility index (Phi) is 5.44. The number of para-hydroxylation sites is 1. The molecule has 1 aliphatic heterocycles. The standard InChI is InChI=1S/C17H29N3/c1-5-20(14(2)12-19(3)4)13-15-10-16-8-6-7-9-17(16)18-11-15/h6-9,14-15,18H,5,10-13H2,1-4H3. The normalized spacial score (nSPS) is 19.8. The summed E-state index contributed by atoms with van der Waals surface area (Å²) < 4.78 is 0. The Morgan fingerprint density at radius 2 is 2.05 bits per heavy atom. The molecule has 0 amide bonds. The Morgan fingerprint density at radius 1 is 1.30 bits per heavy atom. The highest BCUT2D eigenvalue weighted by Crippen LogP contribution is 2.25. The molecule has 0 aliphatic carbocycles. The molecule has 20 heavy (non-hydrogen) atoms. The van der Waals surface area contributed by atoms with E-state index in [9.17, 15) is 0 Å². The molecule has 0 saturated carbocycles. The topological polar surface area (TPSA) is 18.5 Å². The lowest BCUT2D eigenvalue weighted by Crippen LogP contribution is -2.44. The molecular weight excluding hydrogens is 246 g/mol. The zero-order chi connectivity index (χ0) is 14.5. The summed E-state index contributed by atoms with van der Waals surface area (Å²) in [5.41, 5.74) is 2.80. The van der Waals surface area contributed by atoms with Gasteiger partial charge in [0.25, 0.3) is 0 Å². The maximum absolute atomic E-state index is 3.58. The van der Waals surface area contributed by atoms with Gasteiger partial charge in [0.15, 0.2) is 0 Å². The van der Waals surface area contributed by atoms with Gasteiger partial charge in [-0.2, -0.15) is 0 Å². The lowest BCUT2D eigenvalue weighted by atomic mass is 9.93. The summed E-state index contributed by atoms with van der Waals surface area (Å²) in [6.07, 6.45) is 1.20. The third kappa shape index (κ3) is 3.97. The third-order valence-corrected chi connectivity index (χ3v) is 4.26. The van der Waals surface area contributed by atoms with Gasteiger partial charge in [-0.3, -0.25) is 4.90 Å². The Morgan fingerprint density at radius 3 is 2.75 bits per heavy atom. The van der Waals surface area contributed by atoms with Crippen LogP contribution in [-0.4, -0.2) is 56.1 Å². The van der Waals surface area contributed by atoms with Gasteiger partial charge in [0, 0.05) is 31.4 Å². The van der Waals surface area contributed by atoms with Crippen molar-refractivity contribution >= 4 is 5.69 Å². The number of likely N-dealkylation sites (N-methyl/N-ethyl adjacent to an activating group) is 2. The van der Waals surface area contributed by atoms with E-state index in [1.54, 1.807) is 0 Å². The van der Waals surface area contributed by atoms with E-state index in [0.29, 0.717) is 6.04 Å². The number of fused-ring (bicyclic) bond motifs is 1. The fraction of sp³-hybridized carbons (Fsp3) is 0.647. The molecule has 2 atom stereocenters. The fourth-order valence-corrected chi connectivity index (χ4v) is 3.23. The highest BCUT2D eigenvalue weighted by Gasteiger charge is 2.22. The van der Waals surface area contributed by atoms with E-state index >= 15 is 0 Å². The van der Waals surface area contributed by atoms with Gasteiger partial charge in [-0.05, 0) is 51.5 Å². The molecule has 3 nitrogen and oxygen atoms in total. The van der Waals surface area contributed by atoms with Gasteiger partial charge in [-0.25, -0.2) is 0 Å². The van der Waals surface area contributed by atoms with Crippen molar-refractivity contribution in [1.29, 1.82) is 0 Å². The molecule has 0 aromatic heterocycles. The summed E-state index contributed by atoms with van der Waals surface area (Å²) in [5, 5.41) is 3.58. The summed E-state index contributed by atoms with van der Waals surface area (Å²) >= 11 is 0. The molecular formula is C17H29N3. The van der Waals surface area contributed by atoms with Crippen molar-refractivity contribution in [3.8, 4) is 0 Å². The lowest BCUT2D eigenvalue weighted by Gasteiger charge is -2.35. The van der Waals surface area contributed by atoms with Crippen LogP contribution < -0.4 is 5.32 Å². The van der Waals surface area contributed by atoms with Crippen LogP contribution in [-0.2, 0) is 6.42 Å². The van der Waals surface area contributed by atoms with Gasteiger partial charge in [-0.1, -0.05) is 25.1 Å². The Labute approximate surface area is 124 Å². The molecule has 0 fully saturated rings. The minimum Gasteiger partial charge on any atom is -0.384 e. The molecule has 2 unspecified atom stereocenters. The van der Waals surface area contributed by atoms with Crippen LogP contribution in [0.5, 0.6) is 0 Å². The Balaban J connectivity index is 1.93. The average molecular weight is 275 g/mol. The molecule has 0 radical (unpaired) electrons. The van der Waals surface area contributed by atoms with E-state index in [4.69, 9.17) is 0 Å². The minimum atomic E-state index is 0.618. The Hall–Kier alpha value is -1.06. The van der Waals surface area contributed by atoms with Crippen LogP contribution in [0.25, 0.3) is 0 Å². The first-order valence-corrected chi connectivity index (χ1v) is 7.80. The third-order valence-electron chi connectivity index (χ3n) is 4.26. The second-order valence-corrected chi connectivity index (χ2v) is 6.31. The first-order valence-electron chi connectivity index (χ1n) is 7.80. The number of benzene rings is 1. The number of hydrogen-bond acceptors (Lipinski definition) is 3. The summed E-state index contributed by atoms with van der Waals surface area (Å²) in [5.74, 6) is 0.717. The zero-order valence-corrected chi connectivity index (χ0v) is 13.4. The molecule has 3 heteroatoms. The van der Waals surface area contributed by atoms with Gasteiger partial charge >= 0.3 is 0 Å². The van der Waals surface area contributed by atoms with Crippen molar-refractivity contribution in [3.63, 3.8) is 0 Å². The molecule has 1 heterocycles. The smallest absolute Gasteiger partial charge is 0.0372 e. The molecule has 0 saturated heterocycles. The molecule has 2 rings (SSSR count). The summed E-state index contributed by atoms with van der Waals surface area (Å²) in [6, 6.07) is 9.33. The summed E-state index contributed by atoms with van der Waals surface area (Å²) in [7, 11) is 4.31. The van der Waals surface area contributed by atoms with Gasteiger partial charge in [-0.15, -0.1) is 0 Å². The zero-order valence-electron chi connectivity index (χ0n) is 13.4. The molecule has 1 aromatic rings. The van der Waals surface area contributed by atoms with Crippen molar-refractivity contribution in [2.75, 3.05) is 45.6 Å². The average Bonchev–Trinajstić information content (AvgIpc) is 2.43. The van der Waals surface area contributed by atoms with Crippen molar-refractivity contribution in [3.05, 3.63) is 29.8 Å². The number of hydrogen-bond donors (Lipinski definition) is 1. The van der Waals surface area contributed by atoms with Crippen molar-refractivity contribution in [2.24, 2.45) is 5.92 Å². The molecule has 112 valence electrons. The van der Waals surface area contributed by atoms with E-state index in [0.717, 1.165) is 25.6 Å². The molecule has 1 aliphatic rings. The van der Waals surface area contributed by atoms with Crippen LogP contribution in [0, 0.1) is 5.92 Å². The van der Waals surface area contributed by atoms with E-state index < -0.39 is 0 Å². The maximum atomic E-state index is 3.58. The minimum absolute atomic E-state index is 0.618. The van der Waals surface area contributed by atoms with Crippen molar-refractivity contribution < 1.29 is 0 Å². The fourth-order valence-electron chi connectivity index (χ4n) is 3.23. The number of nitrogens with zero attached hydrogens (tertiary/aromatic N) is 2. The quantitative estimate of drug-likeness (QED) is 0.861. The number of nitrogens with one attached hydrogen (secondary N) is 1. The summed E-state index contributed by atoms with van der Waals surface area (Å²) in [4.78, 5) is 4.89. The van der Waals surface area contributed by atoms with E-state index in [2.05, 4.69) is 67.3 Å². The first kappa shape index (κ1) is 15.3. The molecule has 1 N–H and O–H groups in total. The van der Waals surface area contributed by atoms with Crippen LogP contribution in [0.15, 0.2) is 24.3 Å². The van der Waals surface area contributed by atoms with E-state index in [1.165, 1.54) is 24.2 Å². The first-order chi connectivity index (χ1) is 9.60. The van der Waals surface area contributed by atoms with Crippen LogP contribution >= 0.6 is 0 Å². The van der Waals surface area contributed by atoms with Crippen LogP contribution in [0.3, 0.4) is 0 Å². The maximum Gasteiger partial charge on any atom is 0.0372 e. The van der Waals surface area contributed by atoms with Crippen molar-refractivity contribution in [2.45, 2.75) is 26.3 Å². The molecule has 1 aromatic carbocycles. The molecule has 0 spiro atoms. The van der Waals surface area contributed by atoms with Gasteiger partial charge in [0.2, 0.25) is 0 Å². The Bertz CT molecular complexity index is 416. The largest absolute Gasteiger partial charge is 0.384 e.